The first-order chi connectivity index (χ1) is 7.08. The second-order valence-electron chi connectivity index (χ2n) is 3.81. The van der Waals surface area contributed by atoms with Crippen molar-refractivity contribution in [3.8, 4) is 0 Å². The highest BCUT2D eigenvalue weighted by atomic mass is 35.5. The molecule has 0 amide bonds. The van der Waals surface area contributed by atoms with Crippen LogP contribution in [0.4, 0.5) is 0 Å². The monoisotopic (exact) mass is 222 g/mol. The number of hydrogen-bond donors (Lipinski definition) is 0. The number of benzene rings is 1. The lowest BCUT2D eigenvalue weighted by Crippen LogP contribution is -2.05. The molecule has 78 valence electrons. The summed E-state index contributed by atoms with van der Waals surface area (Å²) in [6, 6.07) is 7.05. The van der Waals surface area contributed by atoms with Gasteiger partial charge in [-0.2, -0.15) is 0 Å². The fourth-order valence-electron chi connectivity index (χ4n) is 1.42. The molecule has 0 N–H and O–H groups in total. The molecule has 0 aliphatic carbocycles. The molecular weight excluding hydrogens is 212 g/mol. The van der Waals surface area contributed by atoms with Crippen LogP contribution in [0.1, 0.15) is 24.4 Å². The third-order valence-corrected chi connectivity index (χ3v) is 2.48. The molecule has 0 aliphatic rings. The van der Waals surface area contributed by atoms with Gasteiger partial charge in [-0.1, -0.05) is 25.4 Å². The smallest absolute Gasteiger partial charge is 0.200 e. The number of fused-ring (bicyclic) bond motifs is 1. The average Bonchev–Trinajstić information content (AvgIpc) is 2.58. The molecule has 0 saturated carbocycles. The van der Waals surface area contributed by atoms with E-state index in [1.807, 2.05) is 13.8 Å². The van der Waals surface area contributed by atoms with Crippen molar-refractivity contribution >= 4 is 28.4 Å². The Morgan fingerprint density at radius 2 is 2.07 bits per heavy atom. The van der Waals surface area contributed by atoms with Gasteiger partial charge in [-0.25, -0.2) is 0 Å². The Morgan fingerprint density at radius 3 is 2.73 bits per heavy atom. The van der Waals surface area contributed by atoms with Crippen molar-refractivity contribution in [2.75, 3.05) is 0 Å². The van der Waals surface area contributed by atoms with Crippen molar-refractivity contribution in [1.29, 1.82) is 0 Å². The molecule has 15 heavy (non-hydrogen) atoms. The van der Waals surface area contributed by atoms with Crippen molar-refractivity contribution in [1.82, 2.24) is 0 Å². The van der Waals surface area contributed by atoms with Gasteiger partial charge in [0.2, 0.25) is 5.78 Å². The van der Waals surface area contributed by atoms with Crippen LogP contribution in [-0.4, -0.2) is 5.78 Å². The normalized spacial score (nSPS) is 11.2. The van der Waals surface area contributed by atoms with E-state index in [0.717, 1.165) is 5.39 Å². The first-order valence-corrected chi connectivity index (χ1v) is 5.19. The standard InChI is InChI=1S/C12H11ClO2/c1-7(2)12(14)11-6-8-5-9(13)3-4-10(8)15-11/h3-7H,1-2H3. The topological polar surface area (TPSA) is 30.2 Å². The van der Waals surface area contributed by atoms with Crippen LogP contribution in [0, 0.1) is 5.92 Å². The van der Waals surface area contributed by atoms with Crippen LogP contribution in [-0.2, 0) is 0 Å². The molecule has 0 unspecified atom stereocenters. The molecule has 2 aromatic rings. The zero-order valence-corrected chi connectivity index (χ0v) is 9.34. The van der Waals surface area contributed by atoms with Crippen molar-refractivity contribution < 1.29 is 9.21 Å². The molecule has 0 saturated heterocycles. The van der Waals surface area contributed by atoms with Crippen molar-refractivity contribution in [2.45, 2.75) is 13.8 Å². The van der Waals surface area contributed by atoms with Gasteiger partial charge in [0.1, 0.15) is 5.58 Å². The lowest BCUT2D eigenvalue weighted by Gasteiger charge is -1.97. The minimum Gasteiger partial charge on any atom is -0.453 e. The number of hydrogen-bond acceptors (Lipinski definition) is 2. The Kier molecular flexibility index (Phi) is 2.53. The van der Waals surface area contributed by atoms with Gasteiger partial charge in [0.25, 0.3) is 0 Å². The van der Waals surface area contributed by atoms with Crippen molar-refractivity contribution in [3.05, 3.63) is 35.0 Å². The summed E-state index contributed by atoms with van der Waals surface area (Å²) < 4.78 is 5.44. The molecule has 0 spiro atoms. The zero-order chi connectivity index (χ0) is 11.0. The van der Waals surface area contributed by atoms with Crippen LogP contribution < -0.4 is 0 Å². The summed E-state index contributed by atoms with van der Waals surface area (Å²) in [7, 11) is 0. The van der Waals surface area contributed by atoms with Gasteiger partial charge >= 0.3 is 0 Å². The maximum atomic E-state index is 11.7. The number of Topliss-reactive ketones (excluding diaryl/α,β-unsaturated/α-hetero) is 1. The van der Waals surface area contributed by atoms with E-state index in [9.17, 15) is 4.79 Å². The van der Waals surface area contributed by atoms with E-state index in [2.05, 4.69) is 0 Å². The summed E-state index contributed by atoms with van der Waals surface area (Å²) in [5, 5.41) is 1.51. The average molecular weight is 223 g/mol. The largest absolute Gasteiger partial charge is 0.453 e. The number of rotatable bonds is 2. The van der Waals surface area contributed by atoms with Gasteiger partial charge in [-0.05, 0) is 24.3 Å². The maximum absolute atomic E-state index is 11.7. The predicted molar refractivity (Wildman–Crippen MR) is 60.4 cm³/mol. The van der Waals surface area contributed by atoms with Crippen molar-refractivity contribution in [3.63, 3.8) is 0 Å². The molecule has 1 heterocycles. The summed E-state index contributed by atoms with van der Waals surface area (Å²) in [5.74, 6) is 0.366. The Morgan fingerprint density at radius 1 is 1.33 bits per heavy atom. The number of halogens is 1. The molecule has 0 aliphatic heterocycles. The summed E-state index contributed by atoms with van der Waals surface area (Å²) in [5.41, 5.74) is 0.698. The van der Waals surface area contributed by atoms with E-state index in [1.165, 1.54) is 0 Å². The number of ketones is 1. The Labute approximate surface area is 92.8 Å². The molecule has 0 fully saturated rings. The number of carbonyl (C=O) groups is 1. The van der Waals surface area contributed by atoms with Gasteiger partial charge in [0.05, 0.1) is 0 Å². The fourth-order valence-corrected chi connectivity index (χ4v) is 1.60. The predicted octanol–water partition coefficient (Wildman–Crippen LogP) is 3.92. The third-order valence-electron chi connectivity index (χ3n) is 2.25. The minimum absolute atomic E-state index is 0.0160. The minimum atomic E-state index is -0.0546. The molecule has 0 bridgehead atoms. The first-order valence-electron chi connectivity index (χ1n) is 4.81. The highest BCUT2D eigenvalue weighted by Crippen LogP contribution is 2.24. The lowest BCUT2D eigenvalue weighted by atomic mass is 10.1. The van der Waals surface area contributed by atoms with Gasteiger partial charge in [-0.3, -0.25) is 4.79 Å². The molecule has 0 atom stereocenters. The Hall–Kier alpha value is -1.28. The van der Waals surface area contributed by atoms with Crippen LogP contribution in [0.25, 0.3) is 11.0 Å². The van der Waals surface area contributed by atoms with E-state index in [1.54, 1.807) is 24.3 Å². The van der Waals surface area contributed by atoms with Crippen LogP contribution in [0.2, 0.25) is 5.02 Å². The second kappa shape index (κ2) is 3.70. The first kappa shape index (κ1) is 10.2. The van der Waals surface area contributed by atoms with Gasteiger partial charge in [0.15, 0.2) is 5.76 Å². The van der Waals surface area contributed by atoms with Crippen LogP contribution in [0.3, 0.4) is 0 Å². The van der Waals surface area contributed by atoms with E-state index in [4.69, 9.17) is 16.0 Å². The molecule has 1 aromatic heterocycles. The van der Waals surface area contributed by atoms with Crippen LogP contribution in [0.15, 0.2) is 28.7 Å². The summed E-state index contributed by atoms with van der Waals surface area (Å²) >= 11 is 5.84. The molecule has 2 nitrogen and oxygen atoms in total. The fraction of sp³-hybridized carbons (Fsp3) is 0.250. The third kappa shape index (κ3) is 1.90. The Bertz CT molecular complexity index is 511. The molecule has 2 rings (SSSR count). The van der Waals surface area contributed by atoms with Crippen molar-refractivity contribution in [2.24, 2.45) is 5.92 Å². The van der Waals surface area contributed by atoms with Crippen LogP contribution >= 0.6 is 11.6 Å². The molecule has 3 heteroatoms. The molecular formula is C12H11ClO2. The van der Waals surface area contributed by atoms with Gasteiger partial charge in [0, 0.05) is 16.3 Å². The SMILES string of the molecule is CC(C)C(=O)c1cc2cc(Cl)ccc2o1. The van der Waals surface area contributed by atoms with E-state index >= 15 is 0 Å². The van der Waals surface area contributed by atoms with Crippen LogP contribution in [0.5, 0.6) is 0 Å². The highest BCUT2D eigenvalue weighted by Gasteiger charge is 2.15. The summed E-state index contributed by atoms with van der Waals surface area (Å²) in [4.78, 5) is 11.7. The van der Waals surface area contributed by atoms with E-state index in [-0.39, 0.29) is 11.7 Å². The lowest BCUT2D eigenvalue weighted by molar-refractivity contribution is 0.0913. The quantitative estimate of drug-likeness (QED) is 0.721. The number of carbonyl (C=O) groups excluding carboxylic acids is 1. The van der Waals surface area contributed by atoms with E-state index < -0.39 is 0 Å². The summed E-state index contributed by atoms with van der Waals surface area (Å²) in [6.07, 6.45) is 0. The number of furan rings is 1. The van der Waals surface area contributed by atoms with Gasteiger partial charge < -0.3 is 4.42 Å². The molecule has 0 radical (unpaired) electrons. The van der Waals surface area contributed by atoms with E-state index in [0.29, 0.717) is 16.4 Å². The zero-order valence-electron chi connectivity index (χ0n) is 8.58. The summed E-state index contributed by atoms with van der Waals surface area (Å²) in [6.45, 7) is 3.70. The highest BCUT2D eigenvalue weighted by molar-refractivity contribution is 6.31. The Balaban J connectivity index is 2.52. The maximum Gasteiger partial charge on any atom is 0.200 e. The molecule has 1 aromatic carbocycles. The second-order valence-corrected chi connectivity index (χ2v) is 4.25. The van der Waals surface area contributed by atoms with Gasteiger partial charge in [-0.15, -0.1) is 0 Å².